The van der Waals surface area contributed by atoms with E-state index in [1.807, 2.05) is 0 Å². The summed E-state index contributed by atoms with van der Waals surface area (Å²) >= 11 is 0. The molecule has 1 aliphatic carbocycles. The summed E-state index contributed by atoms with van der Waals surface area (Å²) in [6.07, 6.45) is 6.46. The van der Waals surface area contributed by atoms with Crippen molar-refractivity contribution >= 4 is 78.8 Å². The second kappa shape index (κ2) is 12.3. The Labute approximate surface area is 312 Å². The van der Waals surface area contributed by atoms with Crippen molar-refractivity contribution in [2.24, 2.45) is 0 Å². The van der Waals surface area contributed by atoms with Crippen molar-refractivity contribution in [2.75, 3.05) is 9.80 Å². The first-order chi connectivity index (χ1) is 26.3. The molecule has 0 atom stereocenters. The van der Waals surface area contributed by atoms with Gasteiger partial charge >= 0.3 is 0 Å². The maximum Gasteiger partial charge on any atom is 0.252 e. The minimum Gasteiger partial charge on any atom is -0.311 e. The number of fused-ring (bicyclic) bond motifs is 7. The molecule has 8 aromatic carbocycles. The van der Waals surface area contributed by atoms with Crippen LogP contribution in [0.5, 0.6) is 0 Å². The van der Waals surface area contributed by atoms with E-state index in [2.05, 4.69) is 180 Å². The van der Waals surface area contributed by atoms with Gasteiger partial charge in [-0.05, 0) is 128 Å². The molecule has 53 heavy (non-hydrogen) atoms. The molecule has 11 rings (SSSR count). The summed E-state index contributed by atoms with van der Waals surface area (Å²) in [4.78, 5) is 5.13. The highest BCUT2D eigenvalue weighted by Gasteiger charge is 2.43. The predicted molar refractivity (Wildman–Crippen MR) is 227 cm³/mol. The number of hydrogen-bond donors (Lipinski definition) is 0. The second-order valence-corrected chi connectivity index (χ2v) is 15.1. The first-order valence-electron chi connectivity index (χ1n) is 19.3. The van der Waals surface area contributed by atoms with Crippen molar-refractivity contribution in [3.63, 3.8) is 0 Å². The zero-order valence-electron chi connectivity index (χ0n) is 29.8. The number of para-hydroxylation sites is 3. The van der Waals surface area contributed by atoms with Crippen molar-refractivity contribution in [1.29, 1.82) is 0 Å². The Kier molecular flexibility index (Phi) is 7.08. The van der Waals surface area contributed by atoms with Crippen LogP contribution in [0.1, 0.15) is 43.6 Å². The lowest BCUT2D eigenvalue weighted by Gasteiger charge is -2.45. The van der Waals surface area contributed by atoms with E-state index < -0.39 is 0 Å². The molecule has 0 unspecified atom stereocenters. The summed E-state index contributed by atoms with van der Waals surface area (Å²) in [5.41, 5.74) is 15.6. The van der Waals surface area contributed by atoms with E-state index in [1.165, 1.54) is 121 Å². The topological polar surface area (TPSA) is 6.48 Å². The molecule has 2 aliphatic heterocycles. The highest BCUT2D eigenvalue weighted by atomic mass is 15.2. The molecule has 0 spiro atoms. The molecule has 0 bridgehead atoms. The third-order valence-electron chi connectivity index (χ3n) is 12.2. The Morgan fingerprint density at radius 3 is 1.75 bits per heavy atom. The minimum absolute atomic E-state index is 0.136. The van der Waals surface area contributed by atoms with Crippen LogP contribution in [0.15, 0.2) is 170 Å². The minimum atomic E-state index is 0.136. The summed E-state index contributed by atoms with van der Waals surface area (Å²) in [6, 6.07) is 63.7. The van der Waals surface area contributed by atoms with Crippen LogP contribution < -0.4 is 26.2 Å². The molecule has 0 aromatic heterocycles. The smallest absolute Gasteiger partial charge is 0.252 e. The lowest BCUT2D eigenvalue weighted by atomic mass is 9.33. The van der Waals surface area contributed by atoms with Gasteiger partial charge in [-0.3, -0.25) is 0 Å². The zero-order valence-corrected chi connectivity index (χ0v) is 29.8. The van der Waals surface area contributed by atoms with Crippen LogP contribution in [0.2, 0.25) is 0 Å². The standard InChI is InChI=1S/C50H39BN2/c1-3-16-34(17-4-1)37-32-48-50-49(33-37)53(39-22-15-19-35(30-39)43-31-36-18-7-8-23-40(36)41-24-9-10-25-42(41)43)47-29-14-12-27-45(47)51(50)44-26-11-13-28-46(44)52(48)38-20-5-2-6-21-38/h2,5-15,18-34H,1,3-4,16-17H2. The van der Waals surface area contributed by atoms with Gasteiger partial charge in [-0.15, -0.1) is 0 Å². The normalized spacial score (nSPS) is 15.0. The van der Waals surface area contributed by atoms with E-state index in [0.717, 1.165) is 0 Å². The molecule has 1 saturated carbocycles. The molecule has 3 heteroatoms. The Balaban J connectivity index is 1.18. The highest BCUT2D eigenvalue weighted by molar-refractivity contribution is 7.00. The van der Waals surface area contributed by atoms with E-state index in [9.17, 15) is 0 Å². The average molecular weight is 679 g/mol. The summed E-state index contributed by atoms with van der Waals surface area (Å²) in [7, 11) is 0. The van der Waals surface area contributed by atoms with Crippen LogP contribution >= 0.6 is 0 Å². The summed E-state index contributed by atoms with van der Waals surface area (Å²) in [5.74, 6) is 0.563. The highest BCUT2D eigenvalue weighted by Crippen LogP contribution is 2.47. The summed E-state index contributed by atoms with van der Waals surface area (Å²) < 4.78 is 0. The fourth-order valence-electron chi connectivity index (χ4n) is 9.83. The number of benzene rings is 8. The number of anilines is 6. The quantitative estimate of drug-likeness (QED) is 0.135. The van der Waals surface area contributed by atoms with Gasteiger partial charge in [0.1, 0.15) is 0 Å². The Bertz CT molecular complexity index is 2690. The Hall–Kier alpha value is -6.06. The maximum atomic E-state index is 2.58. The van der Waals surface area contributed by atoms with E-state index in [4.69, 9.17) is 0 Å². The lowest BCUT2D eigenvalue weighted by Crippen LogP contribution is -2.61. The van der Waals surface area contributed by atoms with Crippen molar-refractivity contribution in [1.82, 2.24) is 0 Å². The van der Waals surface area contributed by atoms with E-state index >= 15 is 0 Å². The monoisotopic (exact) mass is 678 g/mol. The van der Waals surface area contributed by atoms with Crippen molar-refractivity contribution in [3.05, 3.63) is 175 Å². The molecule has 0 N–H and O–H groups in total. The van der Waals surface area contributed by atoms with Gasteiger partial charge in [0.05, 0.1) is 0 Å². The van der Waals surface area contributed by atoms with Crippen LogP contribution in [0.25, 0.3) is 32.7 Å². The molecule has 3 aliphatic rings. The van der Waals surface area contributed by atoms with Gasteiger partial charge in [0.25, 0.3) is 6.71 Å². The van der Waals surface area contributed by atoms with Crippen LogP contribution in [0, 0.1) is 0 Å². The molecule has 2 heterocycles. The molecule has 2 nitrogen and oxygen atoms in total. The molecular formula is C50H39BN2. The van der Waals surface area contributed by atoms with Gasteiger partial charge < -0.3 is 9.80 Å². The van der Waals surface area contributed by atoms with Crippen LogP contribution in [-0.4, -0.2) is 6.71 Å². The molecular weight excluding hydrogens is 639 g/mol. The van der Waals surface area contributed by atoms with Crippen LogP contribution in [-0.2, 0) is 0 Å². The van der Waals surface area contributed by atoms with Crippen LogP contribution in [0.3, 0.4) is 0 Å². The molecule has 0 saturated heterocycles. The van der Waals surface area contributed by atoms with Gasteiger partial charge in [-0.25, -0.2) is 0 Å². The van der Waals surface area contributed by atoms with Crippen molar-refractivity contribution < 1.29 is 0 Å². The molecule has 8 aromatic rings. The maximum absolute atomic E-state index is 2.58. The number of rotatable bonds is 4. The molecule has 0 radical (unpaired) electrons. The molecule has 252 valence electrons. The second-order valence-electron chi connectivity index (χ2n) is 15.1. The molecule has 1 fully saturated rings. The zero-order chi connectivity index (χ0) is 34.9. The SMILES string of the molecule is c1ccc(N2c3ccccc3B3c4ccccc4N(c4cccc(-c5cc6ccccc6c6ccccc56)c4)c4cc(C5CCCCC5)cc2c43)cc1. The first kappa shape index (κ1) is 30.6. The Morgan fingerprint density at radius 2 is 1.02 bits per heavy atom. The van der Waals surface area contributed by atoms with E-state index in [-0.39, 0.29) is 6.71 Å². The number of hydrogen-bond acceptors (Lipinski definition) is 2. The fourth-order valence-corrected chi connectivity index (χ4v) is 9.83. The summed E-state index contributed by atoms with van der Waals surface area (Å²) in [5, 5.41) is 5.15. The predicted octanol–water partition coefficient (Wildman–Crippen LogP) is 11.8. The third kappa shape index (κ3) is 4.80. The van der Waals surface area contributed by atoms with Gasteiger partial charge in [0, 0.05) is 34.1 Å². The lowest BCUT2D eigenvalue weighted by molar-refractivity contribution is 0.444. The average Bonchev–Trinajstić information content (AvgIpc) is 3.23. The van der Waals surface area contributed by atoms with Gasteiger partial charge in [-0.1, -0.05) is 135 Å². The Morgan fingerprint density at radius 1 is 0.434 bits per heavy atom. The first-order valence-corrected chi connectivity index (χ1v) is 19.3. The van der Waals surface area contributed by atoms with Gasteiger partial charge in [0.15, 0.2) is 0 Å². The van der Waals surface area contributed by atoms with Gasteiger partial charge in [0.2, 0.25) is 0 Å². The number of nitrogens with zero attached hydrogens (tertiary/aromatic N) is 2. The fraction of sp³-hybridized carbons (Fsp3) is 0.120. The third-order valence-corrected chi connectivity index (χ3v) is 12.2. The van der Waals surface area contributed by atoms with Crippen molar-refractivity contribution in [2.45, 2.75) is 38.0 Å². The van der Waals surface area contributed by atoms with Gasteiger partial charge in [-0.2, -0.15) is 0 Å². The van der Waals surface area contributed by atoms with E-state index in [1.54, 1.807) is 0 Å². The van der Waals surface area contributed by atoms with Crippen molar-refractivity contribution in [3.8, 4) is 11.1 Å². The summed E-state index contributed by atoms with van der Waals surface area (Å²) in [6.45, 7) is 0.136. The molecule has 0 amide bonds. The largest absolute Gasteiger partial charge is 0.311 e. The van der Waals surface area contributed by atoms with E-state index in [0.29, 0.717) is 5.92 Å². The van der Waals surface area contributed by atoms with Crippen LogP contribution in [0.4, 0.5) is 34.1 Å².